The molecule has 0 saturated carbocycles. The van der Waals surface area contributed by atoms with Crippen LogP contribution in [0.25, 0.3) is 33.5 Å². The van der Waals surface area contributed by atoms with E-state index in [1.165, 1.54) is 18.2 Å². The molecule has 1 atom stereocenters. The van der Waals surface area contributed by atoms with Gasteiger partial charge in [0, 0.05) is 42.9 Å². The van der Waals surface area contributed by atoms with Gasteiger partial charge in [-0.3, -0.25) is 0 Å². The second kappa shape index (κ2) is 9.18. The van der Waals surface area contributed by atoms with Gasteiger partial charge in [-0.2, -0.15) is 0 Å². The van der Waals surface area contributed by atoms with Gasteiger partial charge in [-0.15, -0.1) is 0 Å². The molecule has 3 aromatic heterocycles. The third-order valence-electron chi connectivity index (χ3n) is 6.77. The first-order chi connectivity index (χ1) is 17.6. The van der Waals surface area contributed by atoms with Gasteiger partial charge in [0.05, 0.1) is 28.6 Å². The van der Waals surface area contributed by atoms with Gasteiger partial charge in [-0.25, -0.2) is 23.7 Å². The van der Waals surface area contributed by atoms with Gasteiger partial charge in [0.2, 0.25) is 5.95 Å². The van der Waals surface area contributed by atoms with Crippen LogP contribution in [0, 0.1) is 11.6 Å². The fraction of sp³-hybridized carbons (Fsp3) is 0.250. The molecule has 1 aliphatic rings. The first kappa shape index (κ1) is 22.4. The summed E-state index contributed by atoms with van der Waals surface area (Å²) in [6.07, 6.45) is 6.39. The molecule has 0 saturated heterocycles. The number of aryl methyl sites for hydroxylation is 1. The normalized spacial score (nSPS) is 14.9. The maximum Gasteiger partial charge on any atom is 0.223 e. The zero-order chi connectivity index (χ0) is 24.6. The van der Waals surface area contributed by atoms with Gasteiger partial charge < -0.3 is 14.5 Å². The van der Waals surface area contributed by atoms with E-state index < -0.39 is 0 Å². The molecule has 1 unspecified atom stereocenters. The molecule has 0 spiro atoms. The van der Waals surface area contributed by atoms with Crippen LogP contribution in [0.4, 0.5) is 14.7 Å². The van der Waals surface area contributed by atoms with E-state index in [0.29, 0.717) is 17.9 Å². The average molecular weight is 485 g/mol. The number of hydrogen-bond acceptors (Lipinski definition) is 4. The number of benzene rings is 2. The lowest BCUT2D eigenvalue weighted by Gasteiger charge is -2.19. The van der Waals surface area contributed by atoms with Gasteiger partial charge in [0.1, 0.15) is 17.5 Å². The Morgan fingerprint density at radius 1 is 1.03 bits per heavy atom. The minimum Gasteiger partial charge on any atom is -0.354 e. The van der Waals surface area contributed by atoms with Crippen LogP contribution in [-0.4, -0.2) is 30.6 Å². The summed E-state index contributed by atoms with van der Waals surface area (Å²) in [6, 6.07) is 15.4. The lowest BCUT2D eigenvalue weighted by atomic mass is 10.1. The maximum absolute atomic E-state index is 14.3. The van der Waals surface area contributed by atoms with E-state index in [9.17, 15) is 8.78 Å². The summed E-state index contributed by atoms with van der Waals surface area (Å²) >= 11 is 0. The number of nitrogens with one attached hydrogen (secondary N) is 1. The van der Waals surface area contributed by atoms with Crippen molar-refractivity contribution in [2.45, 2.75) is 38.8 Å². The number of anilines is 1. The van der Waals surface area contributed by atoms with Gasteiger partial charge in [0.25, 0.3) is 0 Å². The molecular weight excluding hydrogens is 458 g/mol. The van der Waals surface area contributed by atoms with Crippen molar-refractivity contribution >= 4 is 16.9 Å². The SMILES string of the molecule is CCCNc1nccc(-c2c(-c3ccc(F)cc3)nc3n2C(Cn2ccc4c(F)cccc42)CC3)n1. The van der Waals surface area contributed by atoms with E-state index >= 15 is 0 Å². The zero-order valence-corrected chi connectivity index (χ0v) is 20.0. The highest BCUT2D eigenvalue weighted by atomic mass is 19.1. The highest BCUT2D eigenvalue weighted by Crippen LogP contribution is 2.40. The summed E-state index contributed by atoms with van der Waals surface area (Å²) in [4.78, 5) is 14.2. The number of fused-ring (bicyclic) bond motifs is 2. The summed E-state index contributed by atoms with van der Waals surface area (Å²) < 4.78 is 32.4. The summed E-state index contributed by atoms with van der Waals surface area (Å²) in [5, 5.41) is 3.88. The molecule has 0 bridgehead atoms. The Labute approximate surface area is 207 Å². The van der Waals surface area contributed by atoms with E-state index in [2.05, 4.69) is 26.4 Å². The molecule has 0 amide bonds. The van der Waals surface area contributed by atoms with Crippen molar-refractivity contribution in [3.05, 3.63) is 84.4 Å². The first-order valence-corrected chi connectivity index (χ1v) is 12.3. The smallest absolute Gasteiger partial charge is 0.223 e. The van der Waals surface area contributed by atoms with E-state index in [0.717, 1.165) is 59.8 Å². The Kier molecular flexibility index (Phi) is 5.71. The fourth-order valence-corrected chi connectivity index (χ4v) is 5.08. The Hall–Kier alpha value is -4.07. The molecule has 2 aromatic carbocycles. The summed E-state index contributed by atoms with van der Waals surface area (Å²) in [5.41, 5.74) is 4.14. The summed E-state index contributed by atoms with van der Waals surface area (Å²) in [5.74, 6) is 1.04. The van der Waals surface area contributed by atoms with Crippen LogP contribution >= 0.6 is 0 Å². The lowest BCUT2D eigenvalue weighted by molar-refractivity contribution is 0.459. The minimum atomic E-state index is -0.287. The van der Waals surface area contributed by atoms with Crippen molar-refractivity contribution < 1.29 is 8.78 Å². The number of hydrogen-bond donors (Lipinski definition) is 1. The molecule has 0 aliphatic carbocycles. The topological polar surface area (TPSA) is 60.6 Å². The number of nitrogens with zero attached hydrogens (tertiary/aromatic N) is 5. The van der Waals surface area contributed by atoms with Gasteiger partial charge in [-0.1, -0.05) is 13.0 Å². The van der Waals surface area contributed by atoms with Crippen LogP contribution in [0.2, 0.25) is 0 Å². The fourth-order valence-electron chi connectivity index (χ4n) is 5.08. The number of aromatic nitrogens is 5. The number of rotatable bonds is 7. The molecule has 5 aromatic rings. The van der Waals surface area contributed by atoms with E-state index in [1.807, 2.05) is 24.4 Å². The molecule has 4 heterocycles. The Morgan fingerprint density at radius 3 is 2.72 bits per heavy atom. The molecule has 1 aliphatic heterocycles. The molecule has 0 radical (unpaired) electrons. The molecular formula is C28H26F2N6. The van der Waals surface area contributed by atoms with Crippen LogP contribution in [0.3, 0.4) is 0 Å². The second-order valence-corrected chi connectivity index (χ2v) is 9.13. The van der Waals surface area contributed by atoms with Crippen LogP contribution < -0.4 is 5.32 Å². The molecule has 8 heteroatoms. The molecule has 6 nitrogen and oxygen atoms in total. The van der Waals surface area contributed by atoms with Gasteiger partial charge in [0.15, 0.2) is 0 Å². The first-order valence-electron chi connectivity index (χ1n) is 12.3. The van der Waals surface area contributed by atoms with E-state index in [4.69, 9.17) is 9.97 Å². The third kappa shape index (κ3) is 3.92. The lowest BCUT2D eigenvalue weighted by Crippen LogP contribution is -2.14. The predicted molar refractivity (Wildman–Crippen MR) is 137 cm³/mol. The van der Waals surface area contributed by atoms with Crippen molar-refractivity contribution in [3.63, 3.8) is 0 Å². The predicted octanol–water partition coefficient (Wildman–Crippen LogP) is 6.25. The minimum absolute atomic E-state index is 0.109. The van der Waals surface area contributed by atoms with Crippen molar-refractivity contribution in [2.75, 3.05) is 11.9 Å². The Morgan fingerprint density at radius 2 is 1.89 bits per heavy atom. The number of imidazole rings is 1. The number of halogens is 2. The van der Waals surface area contributed by atoms with Crippen LogP contribution in [0.1, 0.15) is 31.6 Å². The van der Waals surface area contributed by atoms with Crippen LogP contribution in [0.5, 0.6) is 0 Å². The highest BCUT2D eigenvalue weighted by Gasteiger charge is 2.31. The second-order valence-electron chi connectivity index (χ2n) is 9.13. The van der Waals surface area contributed by atoms with Crippen molar-refractivity contribution in [1.29, 1.82) is 0 Å². The monoisotopic (exact) mass is 484 g/mol. The molecule has 1 N–H and O–H groups in total. The van der Waals surface area contributed by atoms with Crippen molar-refractivity contribution in [1.82, 2.24) is 24.1 Å². The van der Waals surface area contributed by atoms with Gasteiger partial charge >= 0.3 is 0 Å². The zero-order valence-electron chi connectivity index (χ0n) is 20.0. The van der Waals surface area contributed by atoms with E-state index in [-0.39, 0.29) is 17.7 Å². The van der Waals surface area contributed by atoms with Crippen LogP contribution in [0.15, 0.2) is 67.0 Å². The largest absolute Gasteiger partial charge is 0.354 e. The quantitative estimate of drug-likeness (QED) is 0.297. The Balaban J connectivity index is 1.46. The van der Waals surface area contributed by atoms with Crippen LogP contribution in [-0.2, 0) is 13.0 Å². The van der Waals surface area contributed by atoms with Gasteiger partial charge in [-0.05, 0) is 61.4 Å². The highest BCUT2D eigenvalue weighted by molar-refractivity contribution is 5.81. The molecule has 182 valence electrons. The average Bonchev–Trinajstić information content (AvgIpc) is 3.59. The molecule has 36 heavy (non-hydrogen) atoms. The third-order valence-corrected chi connectivity index (χ3v) is 6.77. The Bertz CT molecular complexity index is 1540. The summed E-state index contributed by atoms with van der Waals surface area (Å²) in [7, 11) is 0. The standard InChI is InChI=1S/C28H26F2N6/c1-2-14-31-28-32-15-12-23(33-28)27-26(18-6-8-19(29)9-7-18)34-25-11-10-20(36(25)27)17-35-16-13-21-22(30)4-3-5-24(21)35/h3-9,12-13,15-16,20H,2,10-11,14,17H2,1H3,(H,31,32,33). The van der Waals surface area contributed by atoms with Crippen molar-refractivity contribution in [3.8, 4) is 22.6 Å². The maximum atomic E-state index is 14.3. The molecule has 6 rings (SSSR count). The summed E-state index contributed by atoms with van der Waals surface area (Å²) in [6.45, 7) is 3.55. The molecule has 0 fully saturated rings. The van der Waals surface area contributed by atoms with E-state index in [1.54, 1.807) is 24.4 Å². The van der Waals surface area contributed by atoms with Crippen molar-refractivity contribution in [2.24, 2.45) is 0 Å².